The van der Waals surface area contributed by atoms with Crippen LogP contribution < -0.4 is 10.6 Å². The van der Waals surface area contributed by atoms with Gasteiger partial charge in [-0.3, -0.25) is 4.79 Å². The Hall–Kier alpha value is -1.10. The fourth-order valence-electron chi connectivity index (χ4n) is 2.72. The highest BCUT2D eigenvalue weighted by Gasteiger charge is 2.22. The van der Waals surface area contributed by atoms with Gasteiger partial charge in [-0.15, -0.1) is 0 Å². The van der Waals surface area contributed by atoms with E-state index in [1.165, 1.54) is 0 Å². The van der Waals surface area contributed by atoms with E-state index in [1.807, 2.05) is 13.0 Å². The van der Waals surface area contributed by atoms with Gasteiger partial charge in [0.05, 0.1) is 12.6 Å². The topological polar surface area (TPSA) is 61.4 Å². The van der Waals surface area contributed by atoms with Crippen LogP contribution in [-0.4, -0.2) is 30.2 Å². The number of carbonyl (C=O) groups is 1. The Labute approximate surface area is 130 Å². The summed E-state index contributed by atoms with van der Waals surface area (Å²) in [5.41, 5.74) is 1.72. The molecule has 0 saturated heterocycles. The van der Waals surface area contributed by atoms with E-state index >= 15 is 0 Å². The van der Waals surface area contributed by atoms with Gasteiger partial charge in [0.25, 0.3) is 0 Å². The van der Waals surface area contributed by atoms with Crippen LogP contribution >= 0.6 is 11.6 Å². The fourth-order valence-corrected chi connectivity index (χ4v) is 2.89. The predicted molar refractivity (Wildman–Crippen MR) is 85.7 cm³/mol. The number of halogens is 1. The van der Waals surface area contributed by atoms with Crippen molar-refractivity contribution in [3.8, 4) is 0 Å². The second-order valence-corrected chi connectivity index (χ2v) is 6.19. The van der Waals surface area contributed by atoms with E-state index < -0.39 is 0 Å². The minimum absolute atomic E-state index is 0.0920. The molecule has 1 aromatic rings. The SMILES string of the molecule is Cc1ccc(Cl)cc1NC(=O)CNCC1CCCCC1O. The molecule has 4 nitrogen and oxygen atoms in total. The van der Waals surface area contributed by atoms with E-state index in [2.05, 4.69) is 10.6 Å². The third-order valence-corrected chi connectivity index (χ3v) is 4.27. The van der Waals surface area contributed by atoms with E-state index in [0.717, 1.165) is 36.9 Å². The van der Waals surface area contributed by atoms with Gasteiger partial charge in [0, 0.05) is 17.3 Å². The highest BCUT2D eigenvalue weighted by molar-refractivity contribution is 6.31. The fraction of sp³-hybridized carbons (Fsp3) is 0.562. The van der Waals surface area contributed by atoms with E-state index in [1.54, 1.807) is 12.1 Å². The molecule has 2 atom stereocenters. The molecule has 0 spiro atoms. The van der Waals surface area contributed by atoms with Gasteiger partial charge < -0.3 is 15.7 Å². The van der Waals surface area contributed by atoms with Gasteiger partial charge >= 0.3 is 0 Å². The maximum Gasteiger partial charge on any atom is 0.238 e. The minimum Gasteiger partial charge on any atom is -0.393 e. The molecule has 1 aliphatic carbocycles. The molecular weight excluding hydrogens is 288 g/mol. The van der Waals surface area contributed by atoms with Crippen LogP contribution in [-0.2, 0) is 4.79 Å². The molecule has 1 aromatic carbocycles. The van der Waals surface area contributed by atoms with Crippen molar-refractivity contribution < 1.29 is 9.90 Å². The van der Waals surface area contributed by atoms with Gasteiger partial charge in [0.15, 0.2) is 0 Å². The first kappa shape index (κ1) is 16.3. The molecule has 3 N–H and O–H groups in total. The molecule has 1 aliphatic rings. The zero-order valence-electron chi connectivity index (χ0n) is 12.4. The highest BCUT2D eigenvalue weighted by atomic mass is 35.5. The maximum atomic E-state index is 11.9. The van der Waals surface area contributed by atoms with Crippen LogP contribution in [0.1, 0.15) is 31.2 Å². The Bertz CT molecular complexity index is 493. The normalized spacial score (nSPS) is 22.0. The molecule has 0 heterocycles. The molecule has 21 heavy (non-hydrogen) atoms. The van der Waals surface area contributed by atoms with Crippen LogP contribution in [0.25, 0.3) is 0 Å². The number of rotatable bonds is 5. The van der Waals surface area contributed by atoms with E-state index in [4.69, 9.17) is 11.6 Å². The van der Waals surface area contributed by atoms with Gasteiger partial charge in [0.2, 0.25) is 5.91 Å². The van der Waals surface area contributed by atoms with Crippen molar-refractivity contribution in [3.05, 3.63) is 28.8 Å². The molecule has 2 rings (SSSR count). The van der Waals surface area contributed by atoms with Crippen molar-refractivity contribution in [3.63, 3.8) is 0 Å². The molecule has 0 radical (unpaired) electrons. The maximum absolute atomic E-state index is 11.9. The van der Waals surface area contributed by atoms with Crippen LogP contribution in [0, 0.1) is 12.8 Å². The lowest BCUT2D eigenvalue weighted by Crippen LogP contribution is -2.37. The van der Waals surface area contributed by atoms with Gasteiger partial charge in [-0.05, 0) is 43.4 Å². The van der Waals surface area contributed by atoms with Crippen molar-refractivity contribution in [2.24, 2.45) is 5.92 Å². The van der Waals surface area contributed by atoms with Gasteiger partial charge in [0.1, 0.15) is 0 Å². The number of nitrogens with one attached hydrogen (secondary N) is 2. The first-order valence-electron chi connectivity index (χ1n) is 7.51. The second-order valence-electron chi connectivity index (χ2n) is 5.75. The number of amides is 1. The lowest BCUT2D eigenvalue weighted by atomic mass is 9.86. The average molecular weight is 311 g/mol. The van der Waals surface area contributed by atoms with Crippen molar-refractivity contribution >= 4 is 23.2 Å². The van der Waals surface area contributed by atoms with Crippen molar-refractivity contribution in [1.29, 1.82) is 0 Å². The molecule has 1 saturated carbocycles. The van der Waals surface area contributed by atoms with E-state index in [9.17, 15) is 9.90 Å². The number of carbonyl (C=O) groups excluding carboxylic acids is 1. The smallest absolute Gasteiger partial charge is 0.238 e. The minimum atomic E-state index is -0.232. The summed E-state index contributed by atoms with van der Waals surface area (Å²) in [6, 6.07) is 5.43. The lowest BCUT2D eigenvalue weighted by Gasteiger charge is -2.27. The third-order valence-electron chi connectivity index (χ3n) is 4.03. The van der Waals surface area contributed by atoms with Gasteiger partial charge in [-0.2, -0.15) is 0 Å². The molecule has 2 unspecified atom stereocenters. The Balaban J connectivity index is 1.75. The number of hydrogen-bond donors (Lipinski definition) is 3. The molecule has 5 heteroatoms. The zero-order valence-corrected chi connectivity index (χ0v) is 13.1. The van der Waals surface area contributed by atoms with Crippen LogP contribution in [0.15, 0.2) is 18.2 Å². The summed E-state index contributed by atoms with van der Waals surface area (Å²) in [5.74, 6) is 0.171. The number of aliphatic hydroxyl groups excluding tert-OH is 1. The predicted octanol–water partition coefficient (Wildman–Crippen LogP) is 2.73. The first-order valence-corrected chi connectivity index (χ1v) is 7.89. The summed E-state index contributed by atoms with van der Waals surface area (Å²) in [6.07, 6.45) is 3.94. The number of hydrogen-bond acceptors (Lipinski definition) is 3. The first-order chi connectivity index (χ1) is 10.1. The lowest BCUT2D eigenvalue weighted by molar-refractivity contribution is -0.115. The summed E-state index contributed by atoms with van der Waals surface area (Å²) in [6.45, 7) is 2.86. The monoisotopic (exact) mass is 310 g/mol. The Morgan fingerprint density at radius 1 is 1.38 bits per heavy atom. The van der Waals surface area contributed by atoms with E-state index in [-0.39, 0.29) is 24.5 Å². The summed E-state index contributed by atoms with van der Waals surface area (Å²) in [5, 5.41) is 16.5. The molecule has 1 fully saturated rings. The van der Waals surface area contributed by atoms with Crippen molar-refractivity contribution in [1.82, 2.24) is 5.32 Å². The Morgan fingerprint density at radius 3 is 2.90 bits per heavy atom. The zero-order chi connectivity index (χ0) is 15.2. The molecule has 116 valence electrons. The molecule has 0 aliphatic heterocycles. The quantitative estimate of drug-likeness (QED) is 0.783. The van der Waals surface area contributed by atoms with Crippen LogP contribution in [0.2, 0.25) is 5.02 Å². The van der Waals surface area contributed by atoms with Crippen LogP contribution in [0.4, 0.5) is 5.69 Å². The van der Waals surface area contributed by atoms with Crippen molar-refractivity contribution in [2.75, 3.05) is 18.4 Å². The second kappa shape index (κ2) is 7.78. The number of benzene rings is 1. The number of aliphatic hydroxyl groups is 1. The largest absolute Gasteiger partial charge is 0.393 e. The number of anilines is 1. The number of aryl methyl sites for hydroxylation is 1. The summed E-state index contributed by atoms with van der Waals surface area (Å²) < 4.78 is 0. The van der Waals surface area contributed by atoms with Gasteiger partial charge in [-0.25, -0.2) is 0 Å². The average Bonchev–Trinajstić information content (AvgIpc) is 2.45. The molecule has 0 bridgehead atoms. The summed E-state index contributed by atoms with van der Waals surface area (Å²) >= 11 is 5.93. The summed E-state index contributed by atoms with van der Waals surface area (Å²) in [4.78, 5) is 11.9. The third kappa shape index (κ3) is 4.99. The van der Waals surface area contributed by atoms with Crippen LogP contribution in [0.3, 0.4) is 0 Å². The standard InChI is InChI=1S/C16H23ClN2O2/c1-11-6-7-13(17)8-14(11)19-16(21)10-18-9-12-4-2-3-5-15(12)20/h6-8,12,15,18,20H,2-5,9-10H2,1H3,(H,19,21). The van der Waals surface area contributed by atoms with Crippen LogP contribution in [0.5, 0.6) is 0 Å². The summed E-state index contributed by atoms with van der Waals surface area (Å²) in [7, 11) is 0. The molecular formula is C16H23ClN2O2. The van der Waals surface area contributed by atoms with E-state index in [0.29, 0.717) is 11.6 Å². The molecule has 1 amide bonds. The molecule has 0 aromatic heterocycles. The Kier molecular flexibility index (Phi) is 6.03. The highest BCUT2D eigenvalue weighted by Crippen LogP contribution is 2.23. The Morgan fingerprint density at radius 2 is 2.14 bits per heavy atom. The van der Waals surface area contributed by atoms with Crippen molar-refractivity contribution in [2.45, 2.75) is 38.7 Å². The van der Waals surface area contributed by atoms with Gasteiger partial charge in [-0.1, -0.05) is 30.5 Å².